The fourth-order valence-electron chi connectivity index (χ4n) is 4.57. The van der Waals surface area contributed by atoms with Crippen molar-refractivity contribution in [1.29, 1.82) is 0 Å². The number of hydrogen-bond donors (Lipinski definition) is 2. The van der Waals surface area contributed by atoms with E-state index in [-0.39, 0.29) is 5.91 Å². The van der Waals surface area contributed by atoms with Crippen LogP contribution in [0.15, 0.2) is 18.2 Å². The van der Waals surface area contributed by atoms with E-state index >= 15 is 0 Å². The number of rotatable bonds is 5. The summed E-state index contributed by atoms with van der Waals surface area (Å²) in [6.07, 6.45) is 10.3. The molecule has 0 spiro atoms. The van der Waals surface area contributed by atoms with Crippen LogP contribution in [0.4, 0.5) is 5.69 Å². The minimum absolute atomic E-state index is 0.0138. The Morgan fingerprint density at radius 3 is 2.78 bits per heavy atom. The summed E-state index contributed by atoms with van der Waals surface area (Å²) in [5.74, 6) is 0.467. The number of amides is 1. The van der Waals surface area contributed by atoms with E-state index in [0.29, 0.717) is 5.92 Å². The largest absolute Gasteiger partial charge is 0.358 e. The molecule has 3 nitrogen and oxygen atoms in total. The van der Waals surface area contributed by atoms with Crippen LogP contribution in [0.3, 0.4) is 0 Å². The molecule has 2 heterocycles. The Bertz CT molecular complexity index is 901. The lowest BCUT2D eigenvalue weighted by molar-refractivity contribution is -0.110. The van der Waals surface area contributed by atoms with Crippen LogP contribution in [-0.4, -0.2) is 10.9 Å². The third-order valence-electron chi connectivity index (χ3n) is 5.92. The van der Waals surface area contributed by atoms with Crippen molar-refractivity contribution in [3.8, 4) is 0 Å². The summed E-state index contributed by atoms with van der Waals surface area (Å²) in [4.78, 5) is 16.3. The van der Waals surface area contributed by atoms with Crippen molar-refractivity contribution in [2.45, 2.75) is 71.6 Å². The molecule has 2 N–H and O–H groups in total. The molecular weight excluding hydrogens is 332 g/mol. The van der Waals surface area contributed by atoms with Gasteiger partial charge in [0, 0.05) is 22.6 Å². The molecule has 2 aliphatic rings. The fraction of sp³-hybridized carbons (Fsp3) is 0.458. The van der Waals surface area contributed by atoms with Gasteiger partial charge in [0.05, 0.1) is 5.57 Å². The second-order valence-corrected chi connectivity index (χ2v) is 8.27. The van der Waals surface area contributed by atoms with Crippen LogP contribution >= 0.6 is 0 Å². The molecule has 0 unspecified atom stereocenters. The van der Waals surface area contributed by atoms with Crippen molar-refractivity contribution < 1.29 is 4.79 Å². The summed E-state index contributed by atoms with van der Waals surface area (Å²) in [5.41, 5.74) is 9.52. The highest BCUT2D eigenvalue weighted by Gasteiger charge is 2.27. The van der Waals surface area contributed by atoms with E-state index in [4.69, 9.17) is 0 Å². The fourth-order valence-corrected chi connectivity index (χ4v) is 4.57. The van der Waals surface area contributed by atoms with Gasteiger partial charge in [-0.3, -0.25) is 4.79 Å². The molecule has 0 radical (unpaired) electrons. The highest BCUT2D eigenvalue weighted by atomic mass is 16.2. The Morgan fingerprint density at radius 2 is 2.00 bits per heavy atom. The molecule has 0 fully saturated rings. The number of aromatic nitrogens is 1. The zero-order valence-corrected chi connectivity index (χ0v) is 16.7. The maximum Gasteiger partial charge on any atom is 0.256 e. The first kappa shape index (κ1) is 18.1. The summed E-state index contributed by atoms with van der Waals surface area (Å²) >= 11 is 0. The van der Waals surface area contributed by atoms with Crippen LogP contribution in [0, 0.1) is 0 Å². The predicted octanol–water partition coefficient (Wildman–Crippen LogP) is 5.85. The summed E-state index contributed by atoms with van der Waals surface area (Å²) in [5, 5.41) is 3.04. The van der Waals surface area contributed by atoms with Crippen molar-refractivity contribution >= 4 is 23.2 Å². The lowest BCUT2D eigenvalue weighted by Gasteiger charge is -2.14. The molecule has 0 saturated carbocycles. The van der Waals surface area contributed by atoms with Gasteiger partial charge in [-0.2, -0.15) is 0 Å². The van der Waals surface area contributed by atoms with Gasteiger partial charge in [0.1, 0.15) is 0 Å². The van der Waals surface area contributed by atoms with Gasteiger partial charge in [-0.05, 0) is 79.3 Å². The normalized spacial score (nSPS) is 17.3. The first-order valence-corrected chi connectivity index (χ1v) is 10.5. The van der Waals surface area contributed by atoms with Gasteiger partial charge in [-0.15, -0.1) is 0 Å². The molecule has 1 aromatic heterocycles. The van der Waals surface area contributed by atoms with Gasteiger partial charge in [0.2, 0.25) is 0 Å². The monoisotopic (exact) mass is 362 g/mol. The van der Waals surface area contributed by atoms with Crippen molar-refractivity contribution in [2.24, 2.45) is 0 Å². The maximum absolute atomic E-state index is 12.7. The zero-order chi connectivity index (χ0) is 19.0. The molecule has 2 aromatic rings. The quantitative estimate of drug-likeness (QED) is 0.644. The van der Waals surface area contributed by atoms with E-state index in [9.17, 15) is 4.79 Å². The van der Waals surface area contributed by atoms with Crippen LogP contribution in [0.5, 0.6) is 0 Å². The second kappa shape index (κ2) is 7.38. The molecule has 1 aromatic carbocycles. The van der Waals surface area contributed by atoms with Crippen molar-refractivity contribution in [2.75, 3.05) is 5.32 Å². The lowest BCUT2D eigenvalue weighted by atomic mass is 9.89. The van der Waals surface area contributed by atoms with Gasteiger partial charge in [0.15, 0.2) is 0 Å². The number of benzene rings is 1. The molecule has 1 aliphatic carbocycles. The smallest absolute Gasteiger partial charge is 0.256 e. The number of anilines is 1. The minimum Gasteiger partial charge on any atom is -0.358 e. The van der Waals surface area contributed by atoms with E-state index in [1.54, 1.807) is 0 Å². The first-order chi connectivity index (χ1) is 13.1. The number of aromatic amines is 1. The van der Waals surface area contributed by atoms with Crippen molar-refractivity contribution in [3.63, 3.8) is 0 Å². The Morgan fingerprint density at radius 1 is 1.19 bits per heavy atom. The van der Waals surface area contributed by atoms with Gasteiger partial charge in [-0.1, -0.05) is 33.3 Å². The summed E-state index contributed by atoms with van der Waals surface area (Å²) < 4.78 is 0. The van der Waals surface area contributed by atoms with Crippen LogP contribution in [0.1, 0.15) is 86.0 Å². The highest BCUT2D eigenvalue weighted by Crippen LogP contribution is 2.37. The molecule has 0 saturated heterocycles. The van der Waals surface area contributed by atoms with Crippen LogP contribution < -0.4 is 5.32 Å². The number of fused-ring (bicyclic) bond motifs is 2. The van der Waals surface area contributed by atoms with E-state index in [2.05, 4.69) is 55.3 Å². The molecule has 4 rings (SSSR count). The maximum atomic E-state index is 12.7. The molecule has 1 amide bonds. The number of carbonyl (C=O) groups is 1. The van der Waals surface area contributed by atoms with Crippen LogP contribution in [0.25, 0.3) is 11.6 Å². The topological polar surface area (TPSA) is 44.9 Å². The van der Waals surface area contributed by atoms with Crippen LogP contribution in [0.2, 0.25) is 0 Å². The first-order valence-electron chi connectivity index (χ1n) is 10.5. The van der Waals surface area contributed by atoms with Gasteiger partial charge < -0.3 is 10.3 Å². The average molecular weight is 363 g/mol. The third kappa shape index (κ3) is 3.36. The van der Waals surface area contributed by atoms with E-state index in [1.807, 2.05) is 0 Å². The number of nitrogens with one attached hydrogen (secondary N) is 2. The number of carbonyl (C=O) groups excluding carboxylic acids is 1. The predicted molar refractivity (Wildman–Crippen MR) is 113 cm³/mol. The highest BCUT2D eigenvalue weighted by molar-refractivity contribution is 6.34. The minimum atomic E-state index is 0.0138. The Balaban J connectivity index is 1.77. The summed E-state index contributed by atoms with van der Waals surface area (Å²) in [6, 6.07) is 6.40. The Kier molecular flexibility index (Phi) is 4.94. The molecule has 0 bridgehead atoms. The van der Waals surface area contributed by atoms with Gasteiger partial charge in [-0.25, -0.2) is 0 Å². The molecule has 0 atom stereocenters. The Labute approximate surface area is 162 Å². The van der Waals surface area contributed by atoms with Crippen molar-refractivity contribution in [3.05, 3.63) is 51.8 Å². The summed E-state index contributed by atoms with van der Waals surface area (Å²) in [7, 11) is 0. The molecular formula is C24H30N2O. The second-order valence-electron chi connectivity index (χ2n) is 8.27. The average Bonchev–Trinajstić information content (AvgIpc) is 3.17. The van der Waals surface area contributed by atoms with Crippen LogP contribution in [-0.2, 0) is 24.1 Å². The molecule has 3 heteroatoms. The van der Waals surface area contributed by atoms with E-state index in [0.717, 1.165) is 41.8 Å². The number of H-pyrrole nitrogens is 1. The van der Waals surface area contributed by atoms with Gasteiger partial charge >= 0.3 is 0 Å². The van der Waals surface area contributed by atoms with E-state index < -0.39 is 0 Å². The van der Waals surface area contributed by atoms with Gasteiger partial charge in [0.25, 0.3) is 5.91 Å². The van der Waals surface area contributed by atoms with E-state index in [1.165, 1.54) is 48.1 Å². The molecule has 1 aliphatic heterocycles. The standard InChI is InChI=1S/C24H30N2O/c1-4-5-8-16-11-12-21-18(13-16)19(24(27)26-21)14-22-23(15(2)3)17-9-6-7-10-20(17)25-22/h11-15,25H,4-10H2,1-3H3,(H,26,27). The lowest BCUT2D eigenvalue weighted by Crippen LogP contribution is -2.04. The number of aryl methyl sites for hydroxylation is 2. The third-order valence-corrected chi connectivity index (χ3v) is 5.92. The number of unbranched alkanes of at least 4 members (excludes halogenated alkanes) is 1. The van der Waals surface area contributed by atoms with Crippen molar-refractivity contribution in [1.82, 2.24) is 4.98 Å². The zero-order valence-electron chi connectivity index (χ0n) is 16.7. The summed E-state index contributed by atoms with van der Waals surface area (Å²) in [6.45, 7) is 6.72. The SMILES string of the molecule is CCCCc1ccc2c(c1)C(=Cc1[nH]c3c(c1C(C)C)CCCC3)C(=O)N2. The number of hydrogen-bond acceptors (Lipinski definition) is 1. The Hall–Kier alpha value is -2.29. The molecule has 27 heavy (non-hydrogen) atoms. The molecule has 142 valence electrons.